The maximum absolute atomic E-state index is 12.2. The van der Waals surface area contributed by atoms with Crippen LogP contribution in [0.3, 0.4) is 0 Å². The number of amides is 1. The lowest BCUT2D eigenvalue weighted by atomic mass is 10.2. The molecule has 2 atom stereocenters. The Morgan fingerprint density at radius 1 is 1.37 bits per heavy atom. The molecular weight excluding hydrogens is 306 g/mol. The maximum Gasteiger partial charge on any atom is 0.252 e. The average molecular weight is 320 g/mol. The van der Waals surface area contributed by atoms with Crippen LogP contribution in [0.15, 0.2) is 29.2 Å². The second-order valence-electron chi connectivity index (χ2n) is 4.37. The molecule has 1 amide bonds. The lowest BCUT2D eigenvalue weighted by molar-refractivity contribution is 0.0938. The first-order valence-corrected chi connectivity index (χ1v) is 9.19. The number of hydrogen-bond acceptors (Lipinski definition) is 4. The summed E-state index contributed by atoms with van der Waals surface area (Å²) in [6.45, 7) is 0. The van der Waals surface area contributed by atoms with Crippen molar-refractivity contribution in [1.29, 1.82) is 0 Å². The molecule has 1 aliphatic rings. The number of carbonyl (C=O) groups excluding carboxylic acids is 1. The first-order chi connectivity index (χ1) is 8.93. The quantitative estimate of drug-likeness (QED) is 0.678. The molecule has 1 fully saturated rings. The Morgan fingerprint density at radius 3 is 2.63 bits per heavy atom. The van der Waals surface area contributed by atoms with Crippen molar-refractivity contribution in [3.8, 4) is 0 Å². The molecule has 0 spiro atoms. The summed E-state index contributed by atoms with van der Waals surface area (Å²) >= 11 is 7.44. The summed E-state index contributed by atoms with van der Waals surface area (Å²) in [4.78, 5) is 13.0. The van der Waals surface area contributed by atoms with Crippen LogP contribution >= 0.6 is 23.4 Å². The fourth-order valence-electron chi connectivity index (χ4n) is 2.02. The third kappa shape index (κ3) is 3.43. The maximum atomic E-state index is 12.2. The van der Waals surface area contributed by atoms with Gasteiger partial charge in [-0.25, -0.2) is 8.42 Å². The molecule has 0 radical (unpaired) electrons. The molecule has 0 saturated carbocycles. The first-order valence-electron chi connectivity index (χ1n) is 5.71. The number of hydrogen-bond donors (Lipinski definition) is 1. The fourth-order valence-corrected chi connectivity index (χ4v) is 5.16. The summed E-state index contributed by atoms with van der Waals surface area (Å²) in [7, 11) is -3.14. The lowest BCUT2D eigenvalue weighted by Crippen LogP contribution is -2.40. The highest BCUT2D eigenvalue weighted by Gasteiger charge is 2.37. The van der Waals surface area contributed by atoms with Gasteiger partial charge in [-0.2, -0.15) is 0 Å². The van der Waals surface area contributed by atoms with Gasteiger partial charge in [0.1, 0.15) is 0 Å². The Balaban J connectivity index is 2.14. The number of carbonyl (C=O) groups is 1. The van der Waals surface area contributed by atoms with E-state index in [9.17, 15) is 13.2 Å². The molecule has 0 aromatic heterocycles. The van der Waals surface area contributed by atoms with Gasteiger partial charge in [-0.15, -0.1) is 23.4 Å². The molecule has 0 aliphatic carbocycles. The molecular formula is C12H14ClNO3S2. The van der Waals surface area contributed by atoms with Gasteiger partial charge in [0.25, 0.3) is 5.91 Å². The molecule has 19 heavy (non-hydrogen) atoms. The van der Waals surface area contributed by atoms with E-state index in [0.29, 0.717) is 5.56 Å². The Kier molecular flexibility index (Phi) is 4.43. The molecule has 1 N–H and O–H groups in total. The fraction of sp³-hybridized carbons (Fsp3) is 0.417. The van der Waals surface area contributed by atoms with Crippen LogP contribution in [-0.4, -0.2) is 43.5 Å². The zero-order valence-electron chi connectivity index (χ0n) is 10.3. The number of nitrogens with one attached hydrogen (secondary N) is 1. The first kappa shape index (κ1) is 14.7. The van der Waals surface area contributed by atoms with E-state index in [1.807, 2.05) is 18.4 Å². The van der Waals surface area contributed by atoms with Crippen molar-refractivity contribution in [2.24, 2.45) is 0 Å². The second kappa shape index (κ2) is 5.73. The van der Waals surface area contributed by atoms with Crippen molar-refractivity contribution < 1.29 is 13.2 Å². The highest BCUT2D eigenvalue weighted by atomic mass is 35.5. The molecule has 0 bridgehead atoms. The molecule has 1 aromatic carbocycles. The molecule has 104 valence electrons. The zero-order valence-corrected chi connectivity index (χ0v) is 12.7. The SMILES string of the molecule is CSc1ccccc1C(=O)NC1CS(=O)(=O)CC1Cl. The minimum Gasteiger partial charge on any atom is -0.347 e. The number of alkyl halides is 1. The van der Waals surface area contributed by atoms with Crippen LogP contribution in [0.5, 0.6) is 0 Å². The monoisotopic (exact) mass is 319 g/mol. The van der Waals surface area contributed by atoms with E-state index in [1.165, 1.54) is 11.8 Å². The van der Waals surface area contributed by atoms with Crippen LogP contribution in [0, 0.1) is 0 Å². The van der Waals surface area contributed by atoms with Crippen LogP contribution in [-0.2, 0) is 9.84 Å². The summed E-state index contributed by atoms with van der Waals surface area (Å²) < 4.78 is 22.9. The van der Waals surface area contributed by atoms with Crippen molar-refractivity contribution >= 4 is 39.1 Å². The van der Waals surface area contributed by atoms with E-state index < -0.39 is 21.3 Å². The van der Waals surface area contributed by atoms with Gasteiger partial charge in [0, 0.05) is 4.90 Å². The topological polar surface area (TPSA) is 63.2 Å². The summed E-state index contributed by atoms with van der Waals surface area (Å²) in [5, 5.41) is 2.15. The van der Waals surface area contributed by atoms with Crippen LogP contribution in [0.2, 0.25) is 0 Å². The standard InChI is InChI=1S/C12H14ClNO3S2/c1-18-11-5-3-2-4-8(11)12(15)14-10-7-19(16,17)6-9(10)13/h2-5,9-10H,6-7H2,1H3,(H,14,15). The van der Waals surface area contributed by atoms with E-state index in [2.05, 4.69) is 5.32 Å². The van der Waals surface area contributed by atoms with E-state index in [1.54, 1.807) is 12.1 Å². The van der Waals surface area contributed by atoms with Crippen LogP contribution < -0.4 is 5.32 Å². The second-order valence-corrected chi connectivity index (χ2v) is 7.94. The zero-order chi connectivity index (χ0) is 14.0. The summed E-state index contributed by atoms with van der Waals surface area (Å²) in [6.07, 6.45) is 1.89. The van der Waals surface area contributed by atoms with E-state index >= 15 is 0 Å². The Hall–Kier alpha value is -0.720. The predicted octanol–water partition coefficient (Wildman–Crippen LogP) is 1.54. The Morgan fingerprint density at radius 2 is 2.05 bits per heavy atom. The highest BCUT2D eigenvalue weighted by molar-refractivity contribution is 7.98. The minimum absolute atomic E-state index is 0.0797. The molecule has 4 nitrogen and oxygen atoms in total. The number of halogens is 1. The molecule has 1 aliphatic heterocycles. The number of rotatable bonds is 3. The van der Waals surface area contributed by atoms with E-state index in [4.69, 9.17) is 11.6 Å². The Labute approximate surface area is 121 Å². The van der Waals surface area contributed by atoms with Gasteiger partial charge in [-0.1, -0.05) is 12.1 Å². The van der Waals surface area contributed by atoms with Gasteiger partial charge in [0.05, 0.1) is 28.5 Å². The van der Waals surface area contributed by atoms with Gasteiger partial charge >= 0.3 is 0 Å². The van der Waals surface area contributed by atoms with Gasteiger partial charge in [0.2, 0.25) is 0 Å². The lowest BCUT2D eigenvalue weighted by Gasteiger charge is -2.15. The van der Waals surface area contributed by atoms with Crippen LogP contribution in [0.4, 0.5) is 0 Å². The largest absolute Gasteiger partial charge is 0.347 e. The number of thioether (sulfide) groups is 1. The van der Waals surface area contributed by atoms with Crippen molar-refractivity contribution in [3.63, 3.8) is 0 Å². The third-order valence-corrected chi connectivity index (χ3v) is 6.12. The number of benzene rings is 1. The summed E-state index contributed by atoms with van der Waals surface area (Å²) in [6, 6.07) is 6.68. The minimum atomic E-state index is -3.14. The normalized spacial score (nSPS) is 25.2. The van der Waals surface area contributed by atoms with Gasteiger partial charge in [-0.3, -0.25) is 4.79 Å². The van der Waals surface area contributed by atoms with Crippen LogP contribution in [0.1, 0.15) is 10.4 Å². The Bertz CT molecular complexity index is 588. The third-order valence-electron chi connectivity index (χ3n) is 2.95. The molecule has 1 heterocycles. The van der Waals surface area contributed by atoms with Gasteiger partial charge in [-0.05, 0) is 18.4 Å². The van der Waals surface area contributed by atoms with Crippen molar-refractivity contribution in [2.45, 2.75) is 16.3 Å². The van der Waals surface area contributed by atoms with Crippen molar-refractivity contribution in [2.75, 3.05) is 17.8 Å². The molecule has 1 saturated heterocycles. The molecule has 2 unspecified atom stereocenters. The molecule has 1 aromatic rings. The number of sulfone groups is 1. The van der Waals surface area contributed by atoms with Crippen molar-refractivity contribution in [3.05, 3.63) is 29.8 Å². The van der Waals surface area contributed by atoms with Crippen LogP contribution in [0.25, 0.3) is 0 Å². The predicted molar refractivity (Wildman–Crippen MR) is 77.8 cm³/mol. The molecule has 7 heteroatoms. The smallest absolute Gasteiger partial charge is 0.252 e. The summed E-state index contributed by atoms with van der Waals surface area (Å²) in [5.41, 5.74) is 0.545. The van der Waals surface area contributed by atoms with E-state index in [0.717, 1.165) is 4.90 Å². The summed E-state index contributed by atoms with van der Waals surface area (Å²) in [5.74, 6) is -0.449. The van der Waals surface area contributed by atoms with Crippen molar-refractivity contribution in [1.82, 2.24) is 5.32 Å². The average Bonchev–Trinajstić information content (AvgIpc) is 2.62. The van der Waals surface area contributed by atoms with Gasteiger partial charge < -0.3 is 5.32 Å². The van der Waals surface area contributed by atoms with E-state index in [-0.39, 0.29) is 17.4 Å². The molecule has 2 rings (SSSR count). The highest BCUT2D eigenvalue weighted by Crippen LogP contribution is 2.22. The van der Waals surface area contributed by atoms with Gasteiger partial charge in [0.15, 0.2) is 9.84 Å².